The van der Waals surface area contributed by atoms with E-state index < -0.39 is 5.41 Å². The van der Waals surface area contributed by atoms with Crippen LogP contribution in [0.2, 0.25) is 0 Å². The van der Waals surface area contributed by atoms with Crippen molar-refractivity contribution in [3.05, 3.63) is 42.5 Å². The summed E-state index contributed by atoms with van der Waals surface area (Å²) in [6.07, 6.45) is 0. The highest BCUT2D eigenvalue weighted by Crippen LogP contribution is 2.36. The molecule has 2 aromatic carbocycles. The van der Waals surface area contributed by atoms with Crippen molar-refractivity contribution >= 4 is 11.6 Å². The van der Waals surface area contributed by atoms with Crippen LogP contribution in [0.5, 0.6) is 17.5 Å². The van der Waals surface area contributed by atoms with Gasteiger partial charge >= 0.3 is 6.01 Å². The van der Waals surface area contributed by atoms with Gasteiger partial charge in [-0.05, 0) is 48.4 Å². The van der Waals surface area contributed by atoms with Gasteiger partial charge in [-0.25, -0.2) is 4.68 Å². The van der Waals surface area contributed by atoms with Crippen molar-refractivity contribution in [3.8, 4) is 34.6 Å². The van der Waals surface area contributed by atoms with Crippen LogP contribution in [-0.4, -0.2) is 34.1 Å². The summed E-state index contributed by atoms with van der Waals surface area (Å²) < 4.78 is 18.4. The van der Waals surface area contributed by atoms with E-state index in [1.165, 1.54) is 0 Å². The van der Waals surface area contributed by atoms with Gasteiger partial charge in [-0.2, -0.15) is 4.98 Å². The van der Waals surface area contributed by atoms with Crippen LogP contribution in [0.3, 0.4) is 0 Å². The van der Waals surface area contributed by atoms with Crippen molar-refractivity contribution in [3.63, 3.8) is 0 Å². The van der Waals surface area contributed by atoms with Gasteiger partial charge in [-0.15, -0.1) is 5.10 Å². The smallest absolute Gasteiger partial charge is 0.336 e. The maximum Gasteiger partial charge on any atom is 0.336 e. The molecule has 1 N–H and O–H groups in total. The molecule has 8 nitrogen and oxygen atoms in total. The van der Waals surface area contributed by atoms with Gasteiger partial charge in [0.15, 0.2) is 17.3 Å². The average molecular weight is 437 g/mol. The first kappa shape index (κ1) is 21.7. The number of rotatable bonds is 6. The van der Waals surface area contributed by atoms with Crippen LogP contribution in [0.1, 0.15) is 34.6 Å². The third kappa shape index (κ3) is 4.69. The van der Waals surface area contributed by atoms with Gasteiger partial charge < -0.3 is 19.5 Å². The number of carbonyl (C=O) groups is 1. The van der Waals surface area contributed by atoms with E-state index in [4.69, 9.17) is 14.2 Å². The zero-order chi connectivity index (χ0) is 22.9. The summed E-state index contributed by atoms with van der Waals surface area (Å²) >= 11 is 0. The van der Waals surface area contributed by atoms with Crippen LogP contribution in [0.15, 0.2) is 42.5 Å². The van der Waals surface area contributed by atoms with E-state index in [0.29, 0.717) is 35.9 Å². The minimum atomic E-state index is -0.472. The highest BCUT2D eigenvalue weighted by atomic mass is 16.7. The molecule has 1 aromatic heterocycles. The number of hydrogen-bond donors (Lipinski definition) is 1. The standard InChI is InChI=1S/C24H28N4O4/c1-15(2)13-30-23-26-21(16-6-11-19-20(12-16)32-14-31-19)28(27-23)18-9-7-17(8-10-18)25-22(29)24(3,4)5/h6-12,15H,13-14H2,1-5H3,(H,25,29). The number of carbonyl (C=O) groups excluding carboxylic acids is 1. The Kier molecular flexibility index (Phi) is 5.78. The van der Waals surface area contributed by atoms with Crippen LogP contribution in [0.4, 0.5) is 5.69 Å². The molecule has 0 saturated heterocycles. The predicted octanol–water partition coefficient (Wildman–Crippen LogP) is 4.68. The van der Waals surface area contributed by atoms with Gasteiger partial charge in [0.1, 0.15) is 0 Å². The normalized spacial score (nSPS) is 12.8. The largest absolute Gasteiger partial charge is 0.462 e. The fourth-order valence-electron chi connectivity index (χ4n) is 3.00. The fraction of sp³-hybridized carbons (Fsp3) is 0.375. The van der Waals surface area contributed by atoms with Crippen molar-refractivity contribution in [2.45, 2.75) is 34.6 Å². The van der Waals surface area contributed by atoms with E-state index in [0.717, 1.165) is 16.9 Å². The van der Waals surface area contributed by atoms with E-state index in [1.807, 2.05) is 63.2 Å². The molecule has 168 valence electrons. The van der Waals surface area contributed by atoms with Crippen LogP contribution < -0.4 is 19.5 Å². The van der Waals surface area contributed by atoms with Gasteiger partial charge in [0.2, 0.25) is 12.7 Å². The molecule has 1 aliphatic rings. The summed E-state index contributed by atoms with van der Waals surface area (Å²) in [5.41, 5.74) is 1.86. The molecule has 8 heteroatoms. The summed E-state index contributed by atoms with van der Waals surface area (Å²) in [5.74, 6) is 2.29. The molecule has 0 bridgehead atoms. The van der Waals surface area contributed by atoms with Crippen molar-refractivity contribution < 1.29 is 19.0 Å². The summed E-state index contributed by atoms with van der Waals surface area (Å²) in [6.45, 7) is 10.5. The number of nitrogens with one attached hydrogen (secondary N) is 1. The molecule has 0 unspecified atom stereocenters. The lowest BCUT2D eigenvalue weighted by atomic mass is 9.95. The highest BCUT2D eigenvalue weighted by Gasteiger charge is 2.22. The second-order valence-corrected chi connectivity index (χ2v) is 9.15. The zero-order valence-electron chi connectivity index (χ0n) is 19.0. The summed E-state index contributed by atoms with van der Waals surface area (Å²) in [5, 5.41) is 7.51. The fourth-order valence-corrected chi connectivity index (χ4v) is 3.00. The minimum Gasteiger partial charge on any atom is -0.462 e. The van der Waals surface area contributed by atoms with E-state index in [9.17, 15) is 4.79 Å². The van der Waals surface area contributed by atoms with Gasteiger partial charge in [-0.1, -0.05) is 34.6 Å². The Labute approximate surface area is 187 Å². The molecule has 1 aliphatic heterocycles. The molecule has 0 radical (unpaired) electrons. The molecule has 0 spiro atoms. The molecule has 2 heterocycles. The van der Waals surface area contributed by atoms with Crippen LogP contribution >= 0.6 is 0 Å². The number of amides is 1. The Bertz CT molecular complexity index is 1110. The van der Waals surface area contributed by atoms with Gasteiger partial charge in [0, 0.05) is 16.7 Å². The number of nitrogens with zero attached hydrogens (tertiary/aromatic N) is 3. The Morgan fingerprint density at radius 2 is 1.84 bits per heavy atom. The number of aromatic nitrogens is 3. The molecule has 1 amide bonds. The second kappa shape index (κ2) is 8.53. The van der Waals surface area contributed by atoms with Gasteiger partial charge in [-0.3, -0.25) is 4.79 Å². The van der Waals surface area contributed by atoms with Crippen molar-refractivity contribution in [1.29, 1.82) is 0 Å². The molecular weight excluding hydrogens is 408 g/mol. The van der Waals surface area contributed by atoms with Crippen molar-refractivity contribution in [2.75, 3.05) is 18.7 Å². The number of hydrogen-bond acceptors (Lipinski definition) is 6. The monoisotopic (exact) mass is 436 g/mol. The maximum atomic E-state index is 12.3. The maximum absolute atomic E-state index is 12.3. The quantitative estimate of drug-likeness (QED) is 0.604. The van der Waals surface area contributed by atoms with Gasteiger partial charge in [0.05, 0.1) is 12.3 Å². The molecule has 0 atom stereocenters. The lowest BCUT2D eigenvalue weighted by Gasteiger charge is -2.17. The molecule has 4 rings (SSSR count). The third-order valence-corrected chi connectivity index (χ3v) is 4.82. The molecule has 0 fully saturated rings. The van der Waals surface area contributed by atoms with Crippen LogP contribution in [0, 0.1) is 11.3 Å². The van der Waals surface area contributed by atoms with Gasteiger partial charge in [0.25, 0.3) is 0 Å². The van der Waals surface area contributed by atoms with Crippen LogP contribution in [-0.2, 0) is 4.79 Å². The summed E-state index contributed by atoms with van der Waals surface area (Å²) in [4.78, 5) is 16.9. The Balaban J connectivity index is 1.67. The number of benzene rings is 2. The topological polar surface area (TPSA) is 87.5 Å². The van der Waals surface area contributed by atoms with Crippen molar-refractivity contribution in [1.82, 2.24) is 14.8 Å². The van der Waals surface area contributed by atoms with Crippen LogP contribution in [0.25, 0.3) is 17.1 Å². The Morgan fingerprint density at radius 3 is 2.53 bits per heavy atom. The number of fused-ring (bicyclic) bond motifs is 1. The first-order valence-corrected chi connectivity index (χ1v) is 10.6. The lowest BCUT2D eigenvalue weighted by Crippen LogP contribution is -2.27. The van der Waals surface area contributed by atoms with E-state index in [1.54, 1.807) is 4.68 Å². The SMILES string of the molecule is CC(C)COc1nc(-c2ccc3c(c2)OCO3)n(-c2ccc(NC(=O)C(C)(C)C)cc2)n1. The van der Waals surface area contributed by atoms with E-state index in [-0.39, 0.29) is 12.7 Å². The summed E-state index contributed by atoms with van der Waals surface area (Å²) in [7, 11) is 0. The first-order chi connectivity index (χ1) is 15.2. The second-order valence-electron chi connectivity index (χ2n) is 9.15. The molecule has 3 aromatic rings. The Morgan fingerprint density at radius 1 is 1.12 bits per heavy atom. The molecule has 32 heavy (non-hydrogen) atoms. The van der Waals surface area contributed by atoms with E-state index >= 15 is 0 Å². The summed E-state index contributed by atoms with van der Waals surface area (Å²) in [6, 6.07) is 13.4. The lowest BCUT2D eigenvalue weighted by molar-refractivity contribution is -0.123. The predicted molar refractivity (Wildman–Crippen MR) is 121 cm³/mol. The molecular formula is C24H28N4O4. The average Bonchev–Trinajstić information content (AvgIpc) is 3.38. The minimum absolute atomic E-state index is 0.0450. The van der Waals surface area contributed by atoms with Crippen molar-refractivity contribution in [2.24, 2.45) is 11.3 Å². The highest BCUT2D eigenvalue weighted by molar-refractivity contribution is 5.94. The molecule has 0 saturated carbocycles. The zero-order valence-corrected chi connectivity index (χ0v) is 19.0. The number of anilines is 1. The number of ether oxygens (including phenoxy) is 3. The first-order valence-electron chi connectivity index (χ1n) is 10.6. The third-order valence-electron chi connectivity index (χ3n) is 4.82. The Hall–Kier alpha value is -3.55. The van der Waals surface area contributed by atoms with E-state index in [2.05, 4.69) is 29.2 Å². The molecule has 0 aliphatic carbocycles.